The van der Waals surface area contributed by atoms with Crippen LogP contribution < -0.4 is 9.46 Å². The number of sulfonamides is 1. The number of aromatic nitrogens is 2. The molecule has 0 unspecified atom stereocenters. The topological polar surface area (TPSA) is 73.2 Å². The van der Waals surface area contributed by atoms with Crippen LogP contribution in [0.25, 0.3) is 5.69 Å². The fourth-order valence-electron chi connectivity index (χ4n) is 2.26. The maximum absolute atomic E-state index is 12.4. The lowest BCUT2D eigenvalue weighted by Crippen LogP contribution is -2.23. The Bertz CT molecular complexity index is 955. The third-order valence-corrected chi connectivity index (χ3v) is 5.30. The van der Waals surface area contributed by atoms with Gasteiger partial charge in [0.15, 0.2) is 0 Å². The summed E-state index contributed by atoms with van der Waals surface area (Å²) in [4.78, 5) is 0.0893. The summed E-state index contributed by atoms with van der Waals surface area (Å²) in [5.41, 5.74) is 1.73. The molecule has 8 heteroatoms. The first-order valence-corrected chi connectivity index (χ1v) is 9.28. The summed E-state index contributed by atoms with van der Waals surface area (Å²) in [6, 6.07) is 13.6. The summed E-state index contributed by atoms with van der Waals surface area (Å²) in [5.74, 6) is 0.426. The van der Waals surface area contributed by atoms with Gasteiger partial charge in [-0.15, -0.1) is 0 Å². The minimum absolute atomic E-state index is 0.0893. The summed E-state index contributed by atoms with van der Waals surface area (Å²) in [6.45, 7) is 0.172. The quantitative estimate of drug-likeness (QED) is 0.716. The monoisotopic (exact) mass is 377 g/mol. The van der Waals surface area contributed by atoms with Crippen LogP contribution in [0.3, 0.4) is 0 Å². The SMILES string of the molecule is COc1ccc(S(=O)(=O)NCc2ccc(-n3cccn3)cc2)cc1Cl. The molecule has 3 rings (SSSR count). The number of nitrogens with one attached hydrogen (secondary N) is 1. The van der Waals surface area contributed by atoms with Crippen LogP contribution in [0.1, 0.15) is 5.56 Å². The van der Waals surface area contributed by atoms with E-state index in [-0.39, 0.29) is 16.5 Å². The van der Waals surface area contributed by atoms with Crippen molar-refractivity contribution >= 4 is 21.6 Å². The number of hydrogen-bond donors (Lipinski definition) is 1. The van der Waals surface area contributed by atoms with E-state index in [4.69, 9.17) is 16.3 Å². The van der Waals surface area contributed by atoms with E-state index in [0.29, 0.717) is 5.75 Å². The molecule has 0 saturated heterocycles. The van der Waals surface area contributed by atoms with E-state index in [1.54, 1.807) is 10.9 Å². The second-order valence-electron chi connectivity index (χ2n) is 5.24. The van der Waals surface area contributed by atoms with Gasteiger partial charge in [0.1, 0.15) is 5.75 Å². The molecule has 2 aromatic carbocycles. The molecule has 0 aliphatic heterocycles. The molecule has 6 nitrogen and oxygen atoms in total. The van der Waals surface area contributed by atoms with Crippen molar-refractivity contribution in [2.24, 2.45) is 0 Å². The van der Waals surface area contributed by atoms with Gasteiger partial charge in [-0.1, -0.05) is 23.7 Å². The number of hydrogen-bond acceptors (Lipinski definition) is 4. The first kappa shape index (κ1) is 17.5. The molecule has 0 atom stereocenters. The van der Waals surface area contributed by atoms with Crippen molar-refractivity contribution in [3.8, 4) is 11.4 Å². The first-order valence-electron chi connectivity index (χ1n) is 7.42. The molecule has 1 heterocycles. The van der Waals surface area contributed by atoms with Crippen molar-refractivity contribution in [2.45, 2.75) is 11.4 Å². The van der Waals surface area contributed by atoms with Gasteiger partial charge >= 0.3 is 0 Å². The number of ether oxygens (including phenoxy) is 1. The van der Waals surface area contributed by atoms with Gasteiger partial charge in [0.25, 0.3) is 0 Å². The van der Waals surface area contributed by atoms with E-state index in [2.05, 4.69) is 9.82 Å². The van der Waals surface area contributed by atoms with Crippen LogP contribution in [-0.4, -0.2) is 25.3 Å². The van der Waals surface area contributed by atoms with Gasteiger partial charge in [-0.3, -0.25) is 0 Å². The zero-order valence-corrected chi connectivity index (χ0v) is 15.0. The van der Waals surface area contributed by atoms with E-state index in [1.807, 2.05) is 36.5 Å². The number of methoxy groups -OCH3 is 1. The van der Waals surface area contributed by atoms with Crippen molar-refractivity contribution in [1.29, 1.82) is 0 Å². The van der Waals surface area contributed by atoms with E-state index >= 15 is 0 Å². The highest BCUT2D eigenvalue weighted by atomic mass is 35.5. The second kappa shape index (κ2) is 7.26. The van der Waals surface area contributed by atoms with Gasteiger partial charge in [0.2, 0.25) is 10.0 Å². The molecule has 3 aromatic rings. The molecule has 1 aromatic heterocycles. The van der Waals surface area contributed by atoms with Crippen molar-refractivity contribution in [3.63, 3.8) is 0 Å². The van der Waals surface area contributed by atoms with Crippen molar-refractivity contribution in [2.75, 3.05) is 7.11 Å². The standard InChI is InChI=1S/C17H16ClN3O3S/c1-24-17-8-7-15(11-16(17)18)25(22,23)20-12-13-3-5-14(6-4-13)21-10-2-9-19-21/h2-11,20H,12H2,1H3. The third kappa shape index (κ3) is 4.01. The number of rotatable bonds is 6. The van der Waals surface area contributed by atoms with Gasteiger partial charge in [-0.2, -0.15) is 5.10 Å². The fraction of sp³-hybridized carbons (Fsp3) is 0.118. The van der Waals surface area contributed by atoms with Crippen molar-refractivity contribution in [3.05, 3.63) is 71.5 Å². The molecule has 25 heavy (non-hydrogen) atoms. The van der Waals surface area contributed by atoms with E-state index in [9.17, 15) is 8.42 Å². The lowest BCUT2D eigenvalue weighted by molar-refractivity contribution is 0.414. The largest absolute Gasteiger partial charge is 0.495 e. The molecule has 0 aliphatic rings. The molecule has 0 spiro atoms. The summed E-state index contributed by atoms with van der Waals surface area (Å²) >= 11 is 5.99. The van der Waals surface area contributed by atoms with Crippen LogP contribution in [-0.2, 0) is 16.6 Å². The molecular weight excluding hydrogens is 362 g/mol. The van der Waals surface area contributed by atoms with E-state index in [1.165, 1.54) is 25.3 Å². The summed E-state index contributed by atoms with van der Waals surface area (Å²) in [7, 11) is -2.19. The summed E-state index contributed by atoms with van der Waals surface area (Å²) in [6.07, 6.45) is 3.53. The van der Waals surface area contributed by atoms with E-state index < -0.39 is 10.0 Å². The lowest BCUT2D eigenvalue weighted by atomic mass is 10.2. The minimum Gasteiger partial charge on any atom is -0.495 e. The Hall–Kier alpha value is -2.35. The van der Waals surface area contributed by atoms with Gasteiger partial charge in [-0.05, 0) is 42.0 Å². The van der Waals surface area contributed by atoms with Crippen molar-refractivity contribution < 1.29 is 13.2 Å². The highest BCUT2D eigenvalue weighted by Crippen LogP contribution is 2.26. The normalized spacial score (nSPS) is 11.4. The predicted octanol–water partition coefficient (Wildman–Crippen LogP) is 3.01. The maximum Gasteiger partial charge on any atom is 0.240 e. The second-order valence-corrected chi connectivity index (χ2v) is 7.41. The summed E-state index contributed by atoms with van der Waals surface area (Å²) < 4.78 is 34.1. The Morgan fingerprint density at radius 2 is 1.96 bits per heavy atom. The van der Waals surface area contributed by atoms with Gasteiger partial charge < -0.3 is 4.74 Å². The zero-order valence-electron chi connectivity index (χ0n) is 13.4. The fourth-order valence-corrected chi connectivity index (χ4v) is 3.63. The average molecular weight is 378 g/mol. The molecule has 0 saturated carbocycles. The molecule has 0 bridgehead atoms. The van der Waals surface area contributed by atoms with Crippen LogP contribution >= 0.6 is 11.6 Å². The predicted molar refractivity (Wildman–Crippen MR) is 95.6 cm³/mol. The Balaban J connectivity index is 1.71. The number of benzene rings is 2. The molecular formula is C17H16ClN3O3S. The van der Waals surface area contributed by atoms with Crippen LogP contribution in [0.2, 0.25) is 5.02 Å². The highest BCUT2D eigenvalue weighted by Gasteiger charge is 2.15. The molecule has 130 valence electrons. The minimum atomic E-state index is -3.67. The molecule has 0 amide bonds. The van der Waals surface area contributed by atoms with E-state index in [0.717, 1.165) is 11.3 Å². The Morgan fingerprint density at radius 1 is 1.20 bits per heavy atom. The molecule has 1 N–H and O–H groups in total. The van der Waals surface area contributed by atoms with Crippen LogP contribution in [0, 0.1) is 0 Å². The molecule has 0 fully saturated rings. The molecule has 0 aliphatic carbocycles. The summed E-state index contributed by atoms with van der Waals surface area (Å²) in [5, 5.41) is 4.39. The highest BCUT2D eigenvalue weighted by molar-refractivity contribution is 7.89. The van der Waals surface area contributed by atoms with Crippen LogP contribution in [0.4, 0.5) is 0 Å². The van der Waals surface area contributed by atoms with Gasteiger partial charge in [0.05, 0.1) is 22.7 Å². The van der Waals surface area contributed by atoms with Crippen molar-refractivity contribution in [1.82, 2.24) is 14.5 Å². The van der Waals surface area contributed by atoms with Crippen LogP contribution in [0.15, 0.2) is 65.8 Å². The Morgan fingerprint density at radius 3 is 2.56 bits per heavy atom. The Labute approximate surface area is 151 Å². The lowest BCUT2D eigenvalue weighted by Gasteiger charge is -2.09. The van der Waals surface area contributed by atoms with Gasteiger partial charge in [-0.25, -0.2) is 17.8 Å². The van der Waals surface area contributed by atoms with Gasteiger partial charge in [0, 0.05) is 18.9 Å². The first-order chi connectivity index (χ1) is 12.0. The number of nitrogens with zero attached hydrogens (tertiary/aromatic N) is 2. The number of halogens is 1. The zero-order chi connectivity index (χ0) is 17.9. The maximum atomic E-state index is 12.4. The van der Waals surface area contributed by atoms with Crippen LogP contribution in [0.5, 0.6) is 5.75 Å². The third-order valence-electron chi connectivity index (χ3n) is 3.61. The average Bonchev–Trinajstić information content (AvgIpc) is 3.15. The smallest absolute Gasteiger partial charge is 0.240 e. The Kier molecular flexibility index (Phi) is 5.08. The molecule has 0 radical (unpaired) electrons.